The van der Waals surface area contributed by atoms with Gasteiger partial charge in [-0.1, -0.05) is 0 Å². The Morgan fingerprint density at radius 1 is 1.63 bits per heavy atom. The molecular formula is C13H14BrN3OS. The van der Waals surface area contributed by atoms with Crippen molar-refractivity contribution in [1.29, 1.82) is 0 Å². The van der Waals surface area contributed by atoms with Gasteiger partial charge in [0, 0.05) is 23.5 Å². The van der Waals surface area contributed by atoms with E-state index in [2.05, 4.69) is 26.3 Å². The predicted octanol–water partition coefficient (Wildman–Crippen LogP) is 3.07. The number of amides is 1. The molecule has 0 bridgehead atoms. The first-order chi connectivity index (χ1) is 9.20. The summed E-state index contributed by atoms with van der Waals surface area (Å²) < 4.78 is 3.01. The molecule has 2 aromatic rings. The number of halogens is 1. The van der Waals surface area contributed by atoms with Crippen LogP contribution >= 0.6 is 27.3 Å². The van der Waals surface area contributed by atoms with Gasteiger partial charge in [-0.25, -0.2) is 0 Å². The maximum atomic E-state index is 11.9. The summed E-state index contributed by atoms with van der Waals surface area (Å²) in [7, 11) is 0. The van der Waals surface area contributed by atoms with Gasteiger partial charge in [0.15, 0.2) is 0 Å². The largest absolute Gasteiger partial charge is 0.352 e. The van der Waals surface area contributed by atoms with Crippen LogP contribution in [0.15, 0.2) is 16.7 Å². The third-order valence-corrected chi connectivity index (χ3v) is 4.97. The zero-order valence-corrected chi connectivity index (χ0v) is 13.0. The van der Waals surface area contributed by atoms with Gasteiger partial charge in [-0.2, -0.15) is 5.10 Å². The number of aryl methyl sites for hydroxylation is 2. The second-order valence-corrected chi connectivity index (χ2v) is 6.47. The molecule has 19 heavy (non-hydrogen) atoms. The zero-order valence-electron chi connectivity index (χ0n) is 10.6. The fourth-order valence-corrected chi connectivity index (χ4v) is 3.99. The maximum Gasteiger partial charge on any atom is 0.261 e. The molecule has 100 valence electrons. The molecule has 0 radical (unpaired) electrons. The van der Waals surface area contributed by atoms with Crippen LogP contribution in [-0.4, -0.2) is 22.2 Å². The monoisotopic (exact) mass is 339 g/mol. The number of carbonyl (C=O) groups is 1. The Morgan fingerprint density at radius 3 is 3.26 bits per heavy atom. The summed E-state index contributed by atoms with van der Waals surface area (Å²) >= 11 is 5.15. The molecule has 1 aliphatic heterocycles. The highest BCUT2D eigenvalue weighted by Crippen LogP contribution is 2.38. The van der Waals surface area contributed by atoms with Crippen molar-refractivity contribution in [2.24, 2.45) is 0 Å². The zero-order chi connectivity index (χ0) is 13.4. The van der Waals surface area contributed by atoms with Crippen molar-refractivity contribution >= 4 is 33.2 Å². The van der Waals surface area contributed by atoms with Crippen molar-refractivity contribution in [3.63, 3.8) is 0 Å². The third-order valence-electron chi connectivity index (χ3n) is 3.19. The summed E-state index contributed by atoms with van der Waals surface area (Å²) in [6.45, 7) is 3.52. The van der Waals surface area contributed by atoms with Gasteiger partial charge in [0.1, 0.15) is 0 Å². The Balaban J connectivity index is 2.08. The molecule has 4 nitrogen and oxygen atoms in total. The van der Waals surface area contributed by atoms with Gasteiger partial charge < -0.3 is 5.32 Å². The Hall–Kier alpha value is -1.14. The number of hydrogen-bond acceptors (Lipinski definition) is 3. The van der Waals surface area contributed by atoms with E-state index in [1.165, 1.54) is 4.88 Å². The van der Waals surface area contributed by atoms with Crippen LogP contribution in [-0.2, 0) is 13.0 Å². The lowest BCUT2D eigenvalue weighted by molar-refractivity contribution is 0.0960. The molecule has 2 aromatic heterocycles. The van der Waals surface area contributed by atoms with Crippen molar-refractivity contribution < 1.29 is 4.79 Å². The fourth-order valence-electron chi connectivity index (χ4n) is 2.36. The van der Waals surface area contributed by atoms with E-state index in [1.807, 2.05) is 23.9 Å². The maximum absolute atomic E-state index is 11.9. The van der Waals surface area contributed by atoms with Crippen molar-refractivity contribution in [1.82, 2.24) is 15.1 Å². The van der Waals surface area contributed by atoms with E-state index in [4.69, 9.17) is 0 Å². The SMILES string of the molecule is CCNC(=O)c1cc2c(s1)CCCn1ncc(Br)c1-2. The van der Waals surface area contributed by atoms with Crippen LogP contribution in [0.4, 0.5) is 0 Å². The summed E-state index contributed by atoms with van der Waals surface area (Å²) in [4.78, 5) is 14.0. The number of nitrogens with zero attached hydrogens (tertiary/aromatic N) is 2. The number of thiophene rings is 1. The lowest BCUT2D eigenvalue weighted by Gasteiger charge is -2.02. The summed E-state index contributed by atoms with van der Waals surface area (Å²) in [6, 6.07) is 1.99. The first-order valence-corrected chi connectivity index (χ1v) is 7.94. The third kappa shape index (κ3) is 2.23. The molecule has 0 saturated carbocycles. The van der Waals surface area contributed by atoms with E-state index in [0.29, 0.717) is 6.54 Å². The highest BCUT2D eigenvalue weighted by Gasteiger charge is 2.22. The van der Waals surface area contributed by atoms with Gasteiger partial charge in [-0.05, 0) is 41.8 Å². The molecule has 3 rings (SSSR count). The molecule has 0 atom stereocenters. The van der Waals surface area contributed by atoms with Crippen LogP contribution < -0.4 is 5.32 Å². The van der Waals surface area contributed by atoms with Gasteiger partial charge in [0.2, 0.25) is 0 Å². The van der Waals surface area contributed by atoms with Crippen LogP contribution in [0.2, 0.25) is 0 Å². The van der Waals surface area contributed by atoms with Gasteiger partial charge in [-0.15, -0.1) is 11.3 Å². The van der Waals surface area contributed by atoms with E-state index in [1.54, 1.807) is 11.3 Å². The van der Waals surface area contributed by atoms with Gasteiger partial charge >= 0.3 is 0 Å². The summed E-state index contributed by atoms with van der Waals surface area (Å²) in [5, 5.41) is 7.24. The first-order valence-electron chi connectivity index (χ1n) is 6.33. The lowest BCUT2D eigenvalue weighted by Crippen LogP contribution is -2.21. The lowest BCUT2D eigenvalue weighted by atomic mass is 10.1. The molecule has 0 spiro atoms. The molecule has 1 amide bonds. The van der Waals surface area contributed by atoms with E-state index in [-0.39, 0.29) is 5.91 Å². The minimum absolute atomic E-state index is 0.0164. The minimum Gasteiger partial charge on any atom is -0.352 e. The molecule has 0 saturated heterocycles. The number of carbonyl (C=O) groups excluding carboxylic acids is 1. The predicted molar refractivity (Wildman–Crippen MR) is 79.6 cm³/mol. The van der Waals surface area contributed by atoms with Gasteiger partial charge in [0.25, 0.3) is 5.91 Å². The standard InChI is InChI=1S/C13H14BrN3OS/c1-2-15-13(18)11-6-8-10(19-11)4-3-5-17-12(8)9(14)7-16-17/h6-7H,2-5H2,1H3,(H,15,18). The topological polar surface area (TPSA) is 46.9 Å². The summed E-state index contributed by atoms with van der Waals surface area (Å²) in [5.74, 6) is 0.0164. The smallest absolute Gasteiger partial charge is 0.261 e. The average Bonchev–Trinajstić information content (AvgIpc) is 2.90. The van der Waals surface area contributed by atoms with Crippen LogP contribution in [0, 0.1) is 0 Å². The Kier molecular flexibility index (Phi) is 3.45. The summed E-state index contributed by atoms with van der Waals surface area (Å²) in [5.41, 5.74) is 2.24. The highest BCUT2D eigenvalue weighted by molar-refractivity contribution is 9.10. The molecule has 0 unspecified atom stereocenters. The van der Waals surface area contributed by atoms with E-state index in [0.717, 1.165) is 40.0 Å². The number of fused-ring (bicyclic) bond motifs is 3. The second-order valence-electron chi connectivity index (χ2n) is 4.47. The molecule has 1 aliphatic rings. The molecular weight excluding hydrogens is 326 g/mol. The van der Waals surface area contributed by atoms with Crippen LogP contribution in [0.3, 0.4) is 0 Å². The number of hydrogen-bond donors (Lipinski definition) is 1. The van der Waals surface area contributed by atoms with Crippen molar-refractivity contribution in [3.8, 4) is 11.3 Å². The number of rotatable bonds is 2. The quantitative estimate of drug-likeness (QED) is 0.913. The summed E-state index contributed by atoms with van der Waals surface area (Å²) in [6.07, 6.45) is 3.90. The van der Waals surface area contributed by atoms with Gasteiger partial charge in [0.05, 0.1) is 21.2 Å². The van der Waals surface area contributed by atoms with E-state index < -0.39 is 0 Å². The van der Waals surface area contributed by atoms with Gasteiger partial charge in [-0.3, -0.25) is 9.48 Å². The first kappa shape index (κ1) is 12.9. The molecule has 6 heteroatoms. The van der Waals surface area contributed by atoms with E-state index in [9.17, 15) is 4.79 Å². The Morgan fingerprint density at radius 2 is 2.47 bits per heavy atom. The number of aromatic nitrogens is 2. The van der Waals surface area contributed by atoms with E-state index >= 15 is 0 Å². The molecule has 3 heterocycles. The van der Waals surface area contributed by atoms with Crippen molar-refractivity contribution in [2.45, 2.75) is 26.3 Å². The minimum atomic E-state index is 0.0164. The Labute approximate surface area is 123 Å². The molecule has 0 aliphatic carbocycles. The van der Waals surface area contributed by atoms with Crippen molar-refractivity contribution in [3.05, 3.63) is 26.5 Å². The second kappa shape index (κ2) is 5.09. The number of nitrogens with one attached hydrogen (secondary N) is 1. The normalized spacial score (nSPS) is 13.6. The van der Waals surface area contributed by atoms with Crippen molar-refractivity contribution in [2.75, 3.05) is 6.54 Å². The average molecular weight is 340 g/mol. The van der Waals surface area contributed by atoms with Crippen LogP contribution in [0.1, 0.15) is 27.9 Å². The Bertz CT molecular complexity index is 632. The fraction of sp³-hybridized carbons (Fsp3) is 0.385. The molecule has 0 aromatic carbocycles. The molecule has 0 fully saturated rings. The highest BCUT2D eigenvalue weighted by atomic mass is 79.9. The molecule has 1 N–H and O–H groups in total. The van der Waals surface area contributed by atoms with Crippen LogP contribution in [0.5, 0.6) is 0 Å². The van der Waals surface area contributed by atoms with Crippen LogP contribution in [0.25, 0.3) is 11.3 Å².